The number of rotatable bonds is 9. The lowest BCUT2D eigenvalue weighted by Crippen LogP contribution is -2.28. The van der Waals surface area contributed by atoms with Crippen LogP contribution in [0, 0.1) is 0 Å². The number of nitrogens with one attached hydrogen (secondary N) is 3. The summed E-state index contributed by atoms with van der Waals surface area (Å²) in [4.78, 5) is 25.3. The molecule has 3 N–H and O–H groups in total. The molecular weight excluding hydrogens is 430 g/mol. The van der Waals surface area contributed by atoms with Gasteiger partial charge in [-0.2, -0.15) is 0 Å². The van der Waals surface area contributed by atoms with Crippen LogP contribution in [0.25, 0.3) is 0 Å². The Labute approximate surface area is 189 Å². The largest absolute Gasteiger partial charge is 0.357 e. The van der Waals surface area contributed by atoms with Crippen LogP contribution in [0.3, 0.4) is 0 Å². The number of anilines is 2. The van der Waals surface area contributed by atoms with Gasteiger partial charge in [0.2, 0.25) is 11.0 Å². The molecule has 2 amide bonds. The molecule has 0 spiro atoms. The standard InChI is InChI=1S/C22H23N5O2S2/c1-14(15-7-3-2-4-8-15)23-20(29)17-9-5-6-10-18(17)25-19(28)13-30-22-27-26-21(31-22)24-16-11-12-16/h2-10,14,16H,11-13H2,1H3,(H,23,29)(H,24,26)(H,25,28)/t14-/m1/s1. The van der Waals surface area contributed by atoms with Crippen molar-refractivity contribution < 1.29 is 9.59 Å². The van der Waals surface area contributed by atoms with Crippen molar-refractivity contribution in [2.45, 2.75) is 36.2 Å². The Hall–Kier alpha value is -2.91. The third kappa shape index (κ3) is 6.05. The van der Waals surface area contributed by atoms with E-state index in [4.69, 9.17) is 0 Å². The van der Waals surface area contributed by atoms with Crippen LogP contribution in [0.4, 0.5) is 10.8 Å². The number of carbonyl (C=O) groups is 2. The number of hydrogen-bond donors (Lipinski definition) is 3. The lowest BCUT2D eigenvalue weighted by Gasteiger charge is -2.16. The summed E-state index contributed by atoms with van der Waals surface area (Å²) in [5, 5.41) is 18.1. The average Bonchev–Trinajstić information content (AvgIpc) is 3.48. The van der Waals surface area contributed by atoms with Gasteiger partial charge in [-0.3, -0.25) is 9.59 Å². The number of aromatic nitrogens is 2. The summed E-state index contributed by atoms with van der Waals surface area (Å²) in [5.41, 5.74) is 1.93. The maximum absolute atomic E-state index is 12.8. The van der Waals surface area contributed by atoms with E-state index in [0.717, 1.165) is 15.0 Å². The SMILES string of the molecule is C[C@@H](NC(=O)c1ccccc1NC(=O)CSc1nnc(NC2CC2)s1)c1ccccc1. The number of benzene rings is 2. The lowest BCUT2D eigenvalue weighted by atomic mass is 10.1. The van der Waals surface area contributed by atoms with Gasteiger partial charge in [0.25, 0.3) is 5.91 Å². The molecule has 4 rings (SSSR count). The van der Waals surface area contributed by atoms with E-state index >= 15 is 0 Å². The topological polar surface area (TPSA) is 96.0 Å². The molecule has 0 bridgehead atoms. The molecule has 2 aromatic carbocycles. The van der Waals surface area contributed by atoms with Gasteiger partial charge < -0.3 is 16.0 Å². The fourth-order valence-corrected chi connectivity index (χ4v) is 4.56. The molecule has 160 valence electrons. The first-order chi connectivity index (χ1) is 15.1. The molecule has 31 heavy (non-hydrogen) atoms. The van der Waals surface area contributed by atoms with Crippen LogP contribution >= 0.6 is 23.1 Å². The van der Waals surface area contributed by atoms with Crippen LogP contribution in [0.15, 0.2) is 58.9 Å². The molecule has 0 radical (unpaired) electrons. The second kappa shape index (κ2) is 9.93. The van der Waals surface area contributed by atoms with E-state index in [1.807, 2.05) is 37.3 Å². The summed E-state index contributed by atoms with van der Waals surface area (Å²) < 4.78 is 0.737. The molecule has 1 atom stereocenters. The first-order valence-electron chi connectivity index (χ1n) is 10.1. The van der Waals surface area contributed by atoms with Gasteiger partial charge in [-0.25, -0.2) is 0 Å². The number of carbonyl (C=O) groups excluding carboxylic acids is 2. The van der Waals surface area contributed by atoms with E-state index in [2.05, 4.69) is 26.1 Å². The molecule has 1 heterocycles. The Balaban J connectivity index is 1.33. The molecule has 1 saturated carbocycles. The summed E-state index contributed by atoms with van der Waals surface area (Å²) >= 11 is 2.78. The molecule has 0 saturated heterocycles. The Bertz CT molecular complexity index is 1050. The summed E-state index contributed by atoms with van der Waals surface area (Å²) in [6.07, 6.45) is 2.34. The smallest absolute Gasteiger partial charge is 0.253 e. The van der Waals surface area contributed by atoms with Crippen LogP contribution in [0.5, 0.6) is 0 Å². The van der Waals surface area contributed by atoms with Gasteiger partial charge in [-0.15, -0.1) is 10.2 Å². The van der Waals surface area contributed by atoms with Crippen molar-refractivity contribution in [3.63, 3.8) is 0 Å². The Morgan fingerprint density at radius 3 is 2.61 bits per heavy atom. The van der Waals surface area contributed by atoms with E-state index in [9.17, 15) is 9.59 Å². The summed E-state index contributed by atoms with van der Waals surface area (Å²) in [7, 11) is 0. The number of nitrogens with zero attached hydrogens (tertiary/aromatic N) is 2. The van der Waals surface area contributed by atoms with Gasteiger partial charge in [0, 0.05) is 6.04 Å². The van der Waals surface area contributed by atoms with Gasteiger partial charge in [-0.05, 0) is 37.5 Å². The summed E-state index contributed by atoms with van der Waals surface area (Å²) in [6, 6.07) is 17.1. The predicted molar refractivity (Wildman–Crippen MR) is 125 cm³/mol. The first-order valence-corrected chi connectivity index (χ1v) is 11.9. The third-order valence-corrected chi connectivity index (χ3v) is 6.72. The number of amides is 2. The maximum atomic E-state index is 12.8. The molecule has 1 aliphatic rings. The number of thioether (sulfide) groups is 1. The van der Waals surface area contributed by atoms with Crippen molar-refractivity contribution in [1.29, 1.82) is 0 Å². The molecule has 0 aliphatic heterocycles. The van der Waals surface area contributed by atoms with Crippen LogP contribution < -0.4 is 16.0 Å². The van der Waals surface area contributed by atoms with Crippen molar-refractivity contribution in [3.05, 3.63) is 65.7 Å². The van der Waals surface area contributed by atoms with E-state index in [1.54, 1.807) is 24.3 Å². The first kappa shape index (κ1) is 21.3. The molecule has 0 unspecified atom stereocenters. The second-order valence-electron chi connectivity index (χ2n) is 7.28. The van der Waals surface area contributed by atoms with Crippen LogP contribution in [-0.4, -0.2) is 33.8 Å². The predicted octanol–water partition coefficient (Wildman–Crippen LogP) is 4.33. The van der Waals surface area contributed by atoms with Crippen molar-refractivity contribution in [1.82, 2.24) is 15.5 Å². The Morgan fingerprint density at radius 2 is 1.84 bits per heavy atom. The fourth-order valence-electron chi connectivity index (χ4n) is 2.93. The van der Waals surface area contributed by atoms with Crippen LogP contribution in [0.1, 0.15) is 41.7 Å². The monoisotopic (exact) mass is 453 g/mol. The molecular formula is C22H23N5O2S2. The third-order valence-electron chi connectivity index (χ3n) is 4.73. The van der Waals surface area contributed by atoms with Gasteiger partial charge >= 0.3 is 0 Å². The number of para-hydroxylation sites is 1. The zero-order valence-electron chi connectivity index (χ0n) is 17.0. The van der Waals surface area contributed by atoms with E-state index in [-0.39, 0.29) is 23.6 Å². The summed E-state index contributed by atoms with van der Waals surface area (Å²) in [6.45, 7) is 1.93. The van der Waals surface area contributed by atoms with E-state index in [1.165, 1.54) is 35.9 Å². The van der Waals surface area contributed by atoms with Crippen LogP contribution in [0.2, 0.25) is 0 Å². The van der Waals surface area contributed by atoms with Gasteiger partial charge in [0.1, 0.15) is 0 Å². The highest BCUT2D eigenvalue weighted by Crippen LogP contribution is 2.30. The quantitative estimate of drug-likeness (QED) is 0.417. The zero-order valence-corrected chi connectivity index (χ0v) is 18.6. The minimum Gasteiger partial charge on any atom is -0.357 e. The van der Waals surface area contributed by atoms with E-state index < -0.39 is 0 Å². The normalized spacial score (nSPS) is 14.0. The number of hydrogen-bond acceptors (Lipinski definition) is 7. The highest BCUT2D eigenvalue weighted by Gasteiger charge is 2.22. The fraction of sp³-hybridized carbons (Fsp3) is 0.273. The average molecular weight is 454 g/mol. The van der Waals surface area contributed by atoms with Gasteiger partial charge in [-0.1, -0.05) is 65.6 Å². The highest BCUT2D eigenvalue weighted by atomic mass is 32.2. The van der Waals surface area contributed by atoms with Gasteiger partial charge in [0.15, 0.2) is 4.34 Å². The van der Waals surface area contributed by atoms with Crippen molar-refractivity contribution in [2.24, 2.45) is 0 Å². The zero-order chi connectivity index (χ0) is 21.6. The maximum Gasteiger partial charge on any atom is 0.253 e. The van der Waals surface area contributed by atoms with E-state index in [0.29, 0.717) is 17.3 Å². The van der Waals surface area contributed by atoms with Crippen molar-refractivity contribution in [3.8, 4) is 0 Å². The van der Waals surface area contributed by atoms with Crippen molar-refractivity contribution in [2.75, 3.05) is 16.4 Å². The molecule has 3 aromatic rings. The minimum atomic E-state index is -0.236. The second-order valence-corrected chi connectivity index (χ2v) is 9.48. The lowest BCUT2D eigenvalue weighted by molar-refractivity contribution is -0.113. The molecule has 1 aliphatic carbocycles. The van der Waals surface area contributed by atoms with Crippen LogP contribution in [-0.2, 0) is 4.79 Å². The summed E-state index contributed by atoms with van der Waals surface area (Å²) in [5.74, 6) is -0.248. The highest BCUT2D eigenvalue weighted by molar-refractivity contribution is 8.01. The van der Waals surface area contributed by atoms with Crippen molar-refractivity contribution >= 4 is 45.7 Å². The minimum absolute atomic E-state index is 0.149. The Morgan fingerprint density at radius 1 is 1.10 bits per heavy atom. The molecule has 7 nitrogen and oxygen atoms in total. The molecule has 1 fully saturated rings. The van der Waals surface area contributed by atoms with Gasteiger partial charge in [0.05, 0.1) is 23.0 Å². The Kier molecular flexibility index (Phi) is 6.83. The molecule has 9 heteroatoms. The molecule has 1 aromatic heterocycles.